The van der Waals surface area contributed by atoms with Crippen molar-refractivity contribution in [3.63, 3.8) is 0 Å². The Balaban J connectivity index is 1.61. The van der Waals surface area contributed by atoms with E-state index < -0.39 is 17.5 Å². The van der Waals surface area contributed by atoms with Gasteiger partial charge in [0.15, 0.2) is 5.82 Å². The van der Waals surface area contributed by atoms with Crippen LogP contribution in [0.2, 0.25) is 0 Å². The fraction of sp³-hybridized carbons (Fsp3) is 0.212. The summed E-state index contributed by atoms with van der Waals surface area (Å²) in [5, 5.41) is 6.31. The molecule has 2 heterocycles. The number of aromatic nitrogens is 3. The van der Waals surface area contributed by atoms with E-state index in [1.807, 2.05) is 48.0 Å². The van der Waals surface area contributed by atoms with E-state index in [1.54, 1.807) is 56.9 Å². The number of anilines is 1. The first kappa shape index (κ1) is 29.4. The molecule has 9 nitrogen and oxygen atoms in total. The van der Waals surface area contributed by atoms with Crippen molar-refractivity contribution in [2.24, 2.45) is 0 Å². The van der Waals surface area contributed by atoms with Crippen LogP contribution in [0.3, 0.4) is 0 Å². The highest BCUT2D eigenvalue weighted by atomic mass is 19.1. The van der Waals surface area contributed by atoms with Crippen molar-refractivity contribution in [2.45, 2.75) is 26.4 Å². The first-order valence-electron chi connectivity index (χ1n) is 13.8. The lowest BCUT2D eigenvalue weighted by Gasteiger charge is -2.17. The molecule has 0 aliphatic heterocycles. The summed E-state index contributed by atoms with van der Waals surface area (Å²) in [4.78, 5) is 44.9. The van der Waals surface area contributed by atoms with Crippen molar-refractivity contribution in [3.05, 3.63) is 112 Å². The molecule has 220 valence electrons. The number of nitrogens with one attached hydrogen (secondary N) is 2. The van der Waals surface area contributed by atoms with Crippen molar-refractivity contribution in [1.82, 2.24) is 24.3 Å². The van der Waals surface area contributed by atoms with Gasteiger partial charge in [0.2, 0.25) is 5.91 Å². The van der Waals surface area contributed by atoms with Gasteiger partial charge in [-0.25, -0.2) is 9.37 Å². The Morgan fingerprint density at radius 2 is 1.81 bits per heavy atom. The third-order valence-corrected chi connectivity index (χ3v) is 7.43. The Morgan fingerprint density at radius 1 is 1.05 bits per heavy atom. The lowest BCUT2D eigenvalue weighted by atomic mass is 10.1. The maximum Gasteiger partial charge on any atom is 0.294 e. The van der Waals surface area contributed by atoms with Crippen LogP contribution in [0.1, 0.15) is 28.4 Å². The molecule has 2 amide bonds. The van der Waals surface area contributed by atoms with Crippen LogP contribution < -0.4 is 16.2 Å². The number of amides is 2. The molecule has 0 aliphatic rings. The van der Waals surface area contributed by atoms with Gasteiger partial charge in [-0.3, -0.25) is 19.0 Å². The number of nitrogens with zero attached hydrogens (tertiary/aromatic N) is 4. The minimum atomic E-state index is -0.534. The number of aryl methyl sites for hydroxylation is 1. The minimum Gasteiger partial charge on any atom is -0.345 e. The highest BCUT2D eigenvalue weighted by Gasteiger charge is 2.19. The van der Waals surface area contributed by atoms with Gasteiger partial charge in [0.05, 0.1) is 30.0 Å². The van der Waals surface area contributed by atoms with E-state index >= 15 is 0 Å². The highest BCUT2D eigenvalue weighted by Crippen LogP contribution is 2.27. The number of benzene rings is 3. The molecule has 5 rings (SSSR count). The zero-order valence-corrected chi connectivity index (χ0v) is 24.7. The summed E-state index contributed by atoms with van der Waals surface area (Å²) >= 11 is 0. The summed E-state index contributed by atoms with van der Waals surface area (Å²) < 4.78 is 17.5. The molecule has 3 aromatic carbocycles. The van der Waals surface area contributed by atoms with Crippen molar-refractivity contribution < 1.29 is 14.0 Å². The molecule has 43 heavy (non-hydrogen) atoms. The van der Waals surface area contributed by atoms with E-state index in [0.717, 1.165) is 27.7 Å². The summed E-state index contributed by atoms with van der Waals surface area (Å²) in [6, 6.07) is 18.9. The number of hydrogen-bond donors (Lipinski definition) is 2. The number of hydrogen-bond acceptors (Lipinski definition) is 5. The van der Waals surface area contributed by atoms with Gasteiger partial charge >= 0.3 is 0 Å². The van der Waals surface area contributed by atoms with Gasteiger partial charge in [0.1, 0.15) is 5.82 Å². The van der Waals surface area contributed by atoms with Gasteiger partial charge in [0, 0.05) is 42.5 Å². The average molecular weight is 581 g/mol. The zero-order valence-electron chi connectivity index (χ0n) is 24.7. The second kappa shape index (κ2) is 12.0. The molecule has 0 bridgehead atoms. The topological polar surface area (TPSA) is 101 Å². The summed E-state index contributed by atoms with van der Waals surface area (Å²) in [5.41, 5.74) is 4.57. The monoisotopic (exact) mass is 580 g/mol. The smallest absolute Gasteiger partial charge is 0.294 e. The molecule has 0 saturated heterocycles. The molecule has 5 aromatic rings. The zero-order chi connectivity index (χ0) is 30.8. The van der Waals surface area contributed by atoms with Crippen LogP contribution in [0.4, 0.5) is 10.2 Å². The van der Waals surface area contributed by atoms with Crippen molar-refractivity contribution >= 4 is 28.5 Å². The first-order chi connectivity index (χ1) is 20.6. The predicted octanol–water partition coefficient (Wildman–Crippen LogP) is 4.60. The standard InChI is InChI=1S/C33H33FN6O3/c1-20-18-39(28-13-12-25(34)16-27(20)28)26-11-6-8-22(14-26)19-40-29(23-9-7-10-24(15-23)32(42)38(4)5)17-36-30(33(40)43)37-31(41)21(2)35-3/h6-18,21,35H,19H2,1-5H3,(H,36,37,41)/t21-/m0/s1. The summed E-state index contributed by atoms with van der Waals surface area (Å²) in [5.74, 6) is -0.953. The molecular weight excluding hydrogens is 547 g/mol. The lowest BCUT2D eigenvalue weighted by Crippen LogP contribution is -2.38. The van der Waals surface area contributed by atoms with Gasteiger partial charge in [0.25, 0.3) is 11.5 Å². The Morgan fingerprint density at radius 3 is 2.56 bits per heavy atom. The second-order valence-corrected chi connectivity index (χ2v) is 10.7. The molecule has 1 atom stereocenters. The molecule has 2 aromatic heterocycles. The molecular formula is C33H33FN6O3. The molecule has 0 radical (unpaired) electrons. The largest absolute Gasteiger partial charge is 0.345 e. The number of rotatable bonds is 8. The quantitative estimate of drug-likeness (QED) is 0.280. The molecule has 2 N–H and O–H groups in total. The van der Waals surface area contributed by atoms with E-state index in [-0.39, 0.29) is 24.1 Å². The molecule has 0 unspecified atom stereocenters. The van der Waals surface area contributed by atoms with Gasteiger partial charge in [-0.2, -0.15) is 0 Å². The third kappa shape index (κ3) is 5.96. The number of halogens is 1. The van der Waals surface area contributed by atoms with Crippen LogP contribution in [-0.4, -0.2) is 58.0 Å². The van der Waals surface area contributed by atoms with Crippen LogP contribution in [0.25, 0.3) is 27.8 Å². The van der Waals surface area contributed by atoms with E-state index in [4.69, 9.17) is 0 Å². The fourth-order valence-corrected chi connectivity index (χ4v) is 4.95. The van der Waals surface area contributed by atoms with Crippen LogP contribution in [0.5, 0.6) is 0 Å². The number of fused-ring (bicyclic) bond motifs is 1. The van der Waals surface area contributed by atoms with Crippen molar-refractivity contribution in [2.75, 3.05) is 26.5 Å². The SMILES string of the molecule is CN[C@@H](C)C(=O)Nc1ncc(-c2cccc(C(=O)N(C)C)c2)n(Cc2cccc(-n3cc(C)c4cc(F)ccc43)c2)c1=O. The van der Waals surface area contributed by atoms with Crippen LogP contribution in [0, 0.1) is 12.7 Å². The first-order valence-corrected chi connectivity index (χ1v) is 13.8. The summed E-state index contributed by atoms with van der Waals surface area (Å²) in [6.45, 7) is 3.78. The third-order valence-electron chi connectivity index (χ3n) is 7.43. The fourth-order valence-electron chi connectivity index (χ4n) is 4.95. The van der Waals surface area contributed by atoms with Gasteiger partial charge in [-0.05, 0) is 74.5 Å². The maximum absolute atomic E-state index is 13.9. The molecule has 0 fully saturated rings. The summed E-state index contributed by atoms with van der Waals surface area (Å²) in [6.07, 6.45) is 3.48. The number of carbonyl (C=O) groups excluding carboxylic acids is 2. The summed E-state index contributed by atoms with van der Waals surface area (Å²) in [7, 11) is 5.00. The van der Waals surface area contributed by atoms with E-state index in [0.29, 0.717) is 16.8 Å². The number of carbonyl (C=O) groups is 2. The minimum absolute atomic E-state index is 0.0958. The van der Waals surface area contributed by atoms with Gasteiger partial charge < -0.3 is 20.1 Å². The van der Waals surface area contributed by atoms with Crippen molar-refractivity contribution in [3.8, 4) is 16.9 Å². The average Bonchev–Trinajstić information content (AvgIpc) is 3.33. The van der Waals surface area contributed by atoms with E-state index in [2.05, 4.69) is 15.6 Å². The van der Waals surface area contributed by atoms with Crippen LogP contribution in [-0.2, 0) is 11.3 Å². The van der Waals surface area contributed by atoms with Crippen LogP contribution >= 0.6 is 0 Å². The maximum atomic E-state index is 13.9. The van der Waals surface area contributed by atoms with Crippen LogP contribution in [0.15, 0.2) is 83.9 Å². The van der Waals surface area contributed by atoms with Gasteiger partial charge in [-0.15, -0.1) is 0 Å². The Kier molecular flexibility index (Phi) is 8.22. The van der Waals surface area contributed by atoms with E-state index in [1.165, 1.54) is 23.2 Å². The number of likely N-dealkylation sites (N-methyl/N-ethyl adjacent to an activating group) is 1. The molecule has 0 saturated carbocycles. The normalized spacial score (nSPS) is 11.9. The molecule has 0 spiro atoms. The predicted molar refractivity (Wildman–Crippen MR) is 166 cm³/mol. The Hall–Kier alpha value is -5.09. The molecule has 10 heteroatoms. The highest BCUT2D eigenvalue weighted by molar-refractivity contribution is 5.95. The Bertz CT molecular complexity index is 1910. The van der Waals surface area contributed by atoms with Crippen molar-refractivity contribution in [1.29, 1.82) is 0 Å². The Labute approximate surface area is 248 Å². The van der Waals surface area contributed by atoms with Gasteiger partial charge in [-0.1, -0.05) is 24.3 Å². The lowest BCUT2D eigenvalue weighted by molar-refractivity contribution is -0.117. The molecule has 0 aliphatic carbocycles. The second-order valence-electron chi connectivity index (χ2n) is 10.7. The van der Waals surface area contributed by atoms with E-state index in [9.17, 15) is 18.8 Å².